The number of aromatic nitrogens is 1. The minimum absolute atomic E-state index is 0.116. The van der Waals surface area contributed by atoms with Crippen molar-refractivity contribution in [3.63, 3.8) is 0 Å². The van der Waals surface area contributed by atoms with Gasteiger partial charge in [-0.15, -0.1) is 0 Å². The van der Waals surface area contributed by atoms with Crippen molar-refractivity contribution < 1.29 is 14.8 Å². The number of hydrogen-bond acceptors (Lipinski definition) is 5. The number of nitrogens with one attached hydrogen (secondary N) is 1. The van der Waals surface area contributed by atoms with Crippen LogP contribution in [-0.4, -0.2) is 27.0 Å². The highest BCUT2D eigenvalue weighted by atomic mass is 16.6. The van der Waals surface area contributed by atoms with E-state index in [0.29, 0.717) is 5.82 Å². The molecule has 1 atom stereocenters. The van der Waals surface area contributed by atoms with Crippen LogP contribution in [0.1, 0.15) is 30.6 Å². The largest absolute Gasteiger partial charge is 0.477 e. The summed E-state index contributed by atoms with van der Waals surface area (Å²) in [5.41, 5.74) is -0.872. The fourth-order valence-electron chi connectivity index (χ4n) is 1.20. The Morgan fingerprint density at radius 2 is 2.35 bits per heavy atom. The van der Waals surface area contributed by atoms with Crippen molar-refractivity contribution in [1.29, 1.82) is 0 Å². The third-order valence-corrected chi connectivity index (χ3v) is 2.32. The fraction of sp³-hybridized carbons (Fsp3) is 0.400. The van der Waals surface area contributed by atoms with Gasteiger partial charge in [-0.3, -0.25) is 10.1 Å². The molecule has 1 aromatic heterocycles. The monoisotopic (exact) mass is 239 g/mol. The first kappa shape index (κ1) is 12.9. The fourth-order valence-corrected chi connectivity index (χ4v) is 1.20. The maximum Gasteiger partial charge on any atom is 0.342 e. The van der Waals surface area contributed by atoms with Crippen molar-refractivity contribution in [2.24, 2.45) is 0 Å². The first-order chi connectivity index (χ1) is 7.95. The topological polar surface area (TPSA) is 105 Å². The smallest absolute Gasteiger partial charge is 0.342 e. The third-order valence-electron chi connectivity index (χ3n) is 2.32. The minimum atomic E-state index is -1.34. The van der Waals surface area contributed by atoms with E-state index < -0.39 is 16.6 Å². The van der Waals surface area contributed by atoms with E-state index in [-0.39, 0.29) is 11.6 Å². The van der Waals surface area contributed by atoms with Crippen molar-refractivity contribution in [2.45, 2.75) is 26.3 Å². The van der Waals surface area contributed by atoms with Crippen LogP contribution in [0.2, 0.25) is 0 Å². The Morgan fingerprint density at radius 1 is 1.71 bits per heavy atom. The van der Waals surface area contributed by atoms with Crippen LogP contribution < -0.4 is 5.32 Å². The molecule has 0 spiro atoms. The molecule has 0 amide bonds. The first-order valence-electron chi connectivity index (χ1n) is 5.10. The molecule has 0 bridgehead atoms. The molecule has 92 valence electrons. The number of carboxylic acids is 1. The van der Waals surface area contributed by atoms with Crippen molar-refractivity contribution in [2.75, 3.05) is 5.32 Å². The Labute approximate surface area is 97.6 Å². The molecule has 1 rings (SSSR count). The summed E-state index contributed by atoms with van der Waals surface area (Å²) >= 11 is 0. The molecule has 1 aromatic rings. The number of pyridine rings is 1. The molecule has 0 aromatic carbocycles. The SMILES string of the molecule is CCC(C)Nc1cc(C(=O)O)c([N+](=O)[O-])cn1. The molecule has 17 heavy (non-hydrogen) atoms. The van der Waals surface area contributed by atoms with E-state index in [1.165, 1.54) is 6.07 Å². The zero-order valence-corrected chi connectivity index (χ0v) is 9.51. The minimum Gasteiger partial charge on any atom is -0.477 e. The van der Waals surface area contributed by atoms with Crippen LogP contribution in [-0.2, 0) is 0 Å². The van der Waals surface area contributed by atoms with Gasteiger partial charge in [-0.2, -0.15) is 0 Å². The van der Waals surface area contributed by atoms with Crippen LogP contribution >= 0.6 is 0 Å². The zero-order chi connectivity index (χ0) is 13.0. The van der Waals surface area contributed by atoms with Gasteiger partial charge in [0, 0.05) is 12.1 Å². The molecule has 1 heterocycles. The zero-order valence-electron chi connectivity index (χ0n) is 9.51. The van der Waals surface area contributed by atoms with E-state index in [9.17, 15) is 14.9 Å². The van der Waals surface area contributed by atoms with E-state index >= 15 is 0 Å². The molecule has 0 fully saturated rings. The van der Waals surface area contributed by atoms with Crippen molar-refractivity contribution in [1.82, 2.24) is 4.98 Å². The lowest BCUT2D eigenvalue weighted by Gasteiger charge is -2.12. The molecule has 0 saturated carbocycles. The van der Waals surface area contributed by atoms with Crippen LogP contribution in [0.4, 0.5) is 11.5 Å². The molecule has 7 nitrogen and oxygen atoms in total. The molecule has 0 aliphatic rings. The van der Waals surface area contributed by atoms with Gasteiger partial charge in [0.05, 0.1) is 4.92 Å². The van der Waals surface area contributed by atoms with Gasteiger partial charge in [-0.25, -0.2) is 9.78 Å². The standard InChI is InChI=1S/C10H13N3O4/c1-3-6(2)12-9-4-7(10(14)15)8(5-11-9)13(16)17/h4-6H,3H2,1-2H3,(H,11,12)(H,14,15). The molecule has 7 heteroatoms. The van der Waals surface area contributed by atoms with E-state index in [1.807, 2.05) is 13.8 Å². The molecule has 2 N–H and O–H groups in total. The highest BCUT2D eigenvalue weighted by Crippen LogP contribution is 2.20. The molecule has 0 aliphatic heterocycles. The number of carbonyl (C=O) groups is 1. The highest BCUT2D eigenvalue weighted by molar-refractivity contribution is 5.93. The van der Waals surface area contributed by atoms with Crippen LogP contribution in [0, 0.1) is 10.1 Å². The van der Waals surface area contributed by atoms with Crippen molar-refractivity contribution >= 4 is 17.5 Å². The molecule has 0 radical (unpaired) electrons. The van der Waals surface area contributed by atoms with Gasteiger partial charge in [-0.05, 0) is 13.3 Å². The number of rotatable bonds is 5. The summed E-state index contributed by atoms with van der Waals surface area (Å²) in [6.45, 7) is 3.87. The second kappa shape index (κ2) is 5.24. The lowest BCUT2D eigenvalue weighted by atomic mass is 10.2. The van der Waals surface area contributed by atoms with E-state index in [4.69, 9.17) is 5.11 Å². The van der Waals surface area contributed by atoms with Crippen LogP contribution in [0.5, 0.6) is 0 Å². The van der Waals surface area contributed by atoms with Gasteiger partial charge >= 0.3 is 11.7 Å². The van der Waals surface area contributed by atoms with Gasteiger partial charge < -0.3 is 10.4 Å². The van der Waals surface area contributed by atoms with Gasteiger partial charge in [-0.1, -0.05) is 6.92 Å². The second-order valence-corrected chi connectivity index (χ2v) is 3.60. The predicted molar refractivity (Wildman–Crippen MR) is 61.2 cm³/mol. The predicted octanol–water partition coefficient (Wildman–Crippen LogP) is 1.90. The summed E-state index contributed by atoms with van der Waals surface area (Å²) in [5, 5.41) is 22.4. The second-order valence-electron chi connectivity index (χ2n) is 3.60. The molecule has 1 unspecified atom stereocenters. The van der Waals surface area contributed by atoms with Crippen LogP contribution in [0.25, 0.3) is 0 Å². The van der Waals surface area contributed by atoms with Gasteiger partial charge in [0.1, 0.15) is 17.6 Å². The maximum absolute atomic E-state index is 10.9. The lowest BCUT2D eigenvalue weighted by molar-refractivity contribution is -0.385. The number of anilines is 1. The maximum atomic E-state index is 10.9. The summed E-state index contributed by atoms with van der Waals surface area (Å²) in [6, 6.07) is 1.29. The molecular weight excluding hydrogens is 226 g/mol. The Morgan fingerprint density at radius 3 is 2.82 bits per heavy atom. The average molecular weight is 239 g/mol. The highest BCUT2D eigenvalue weighted by Gasteiger charge is 2.21. The molecule has 0 aliphatic carbocycles. The number of hydrogen-bond donors (Lipinski definition) is 2. The summed E-state index contributed by atoms with van der Waals surface area (Å²) in [4.78, 5) is 24.5. The van der Waals surface area contributed by atoms with Gasteiger partial charge in [0.25, 0.3) is 0 Å². The van der Waals surface area contributed by atoms with E-state index in [1.54, 1.807) is 0 Å². The number of carboxylic acid groups (broad SMARTS) is 1. The molecule has 0 saturated heterocycles. The van der Waals surface area contributed by atoms with Crippen LogP contribution in [0.15, 0.2) is 12.3 Å². The first-order valence-corrected chi connectivity index (χ1v) is 5.10. The summed E-state index contributed by atoms with van der Waals surface area (Å²) in [6.07, 6.45) is 1.79. The average Bonchev–Trinajstić information content (AvgIpc) is 2.28. The van der Waals surface area contributed by atoms with Crippen molar-refractivity contribution in [3.8, 4) is 0 Å². The number of aromatic carboxylic acids is 1. The summed E-state index contributed by atoms with van der Waals surface area (Å²) in [7, 11) is 0. The van der Waals surface area contributed by atoms with E-state index in [2.05, 4.69) is 10.3 Å². The van der Waals surface area contributed by atoms with Gasteiger partial charge in [0.2, 0.25) is 0 Å². The van der Waals surface area contributed by atoms with Crippen LogP contribution in [0.3, 0.4) is 0 Å². The van der Waals surface area contributed by atoms with Crippen molar-refractivity contribution in [3.05, 3.63) is 27.9 Å². The van der Waals surface area contributed by atoms with Gasteiger partial charge in [0.15, 0.2) is 0 Å². The third kappa shape index (κ3) is 3.13. The quantitative estimate of drug-likeness (QED) is 0.600. The molecular formula is C10H13N3O4. The Bertz CT molecular complexity index is 447. The number of nitro groups is 1. The number of nitrogens with zero attached hydrogens (tertiary/aromatic N) is 2. The lowest BCUT2D eigenvalue weighted by Crippen LogP contribution is -2.15. The summed E-state index contributed by atoms with van der Waals surface area (Å²) < 4.78 is 0. The Kier molecular flexibility index (Phi) is 3.97. The summed E-state index contributed by atoms with van der Waals surface area (Å²) in [5.74, 6) is -1.02. The Hall–Kier alpha value is -2.18. The van der Waals surface area contributed by atoms with E-state index in [0.717, 1.165) is 12.6 Å². The Balaban J connectivity index is 3.10. The normalized spacial score (nSPS) is 11.9.